The zero-order valence-corrected chi connectivity index (χ0v) is 10.1. The second-order valence-electron chi connectivity index (χ2n) is 3.82. The molecule has 0 radical (unpaired) electrons. The summed E-state index contributed by atoms with van der Waals surface area (Å²) in [5.74, 6) is -0.435. The lowest BCUT2D eigenvalue weighted by Crippen LogP contribution is -1.96. The van der Waals surface area contributed by atoms with E-state index < -0.39 is 5.82 Å². The van der Waals surface area contributed by atoms with Crippen molar-refractivity contribution in [1.29, 1.82) is 0 Å². The van der Waals surface area contributed by atoms with Crippen LogP contribution in [0.5, 0.6) is 0 Å². The zero-order chi connectivity index (χ0) is 12.4. The van der Waals surface area contributed by atoms with Crippen LogP contribution in [0.15, 0.2) is 36.4 Å². The average molecular weight is 251 g/mol. The van der Waals surface area contributed by atoms with E-state index in [0.29, 0.717) is 10.7 Å². The molecule has 0 fully saturated rings. The van der Waals surface area contributed by atoms with Gasteiger partial charge in [-0.2, -0.15) is 0 Å². The van der Waals surface area contributed by atoms with Crippen LogP contribution in [0, 0.1) is 12.7 Å². The summed E-state index contributed by atoms with van der Waals surface area (Å²) in [6.07, 6.45) is 0. The van der Waals surface area contributed by atoms with E-state index in [-0.39, 0.29) is 5.69 Å². The molecule has 17 heavy (non-hydrogen) atoms. The monoisotopic (exact) mass is 250 g/mol. The Hall–Kier alpha value is -1.74. The predicted molar refractivity (Wildman–Crippen MR) is 70.3 cm³/mol. The summed E-state index contributed by atoms with van der Waals surface area (Å²) in [6.45, 7) is 1.95. The van der Waals surface area contributed by atoms with Crippen molar-refractivity contribution in [2.24, 2.45) is 0 Å². The maximum Gasteiger partial charge on any atom is 0.148 e. The second kappa shape index (κ2) is 4.63. The summed E-state index contributed by atoms with van der Waals surface area (Å²) >= 11 is 5.91. The normalized spacial score (nSPS) is 10.3. The molecular weight excluding hydrogens is 239 g/mol. The molecule has 0 bridgehead atoms. The number of nitrogens with one attached hydrogen (secondary N) is 1. The van der Waals surface area contributed by atoms with Crippen LogP contribution < -0.4 is 11.1 Å². The molecule has 4 heteroatoms. The number of benzene rings is 2. The van der Waals surface area contributed by atoms with Crippen molar-refractivity contribution >= 4 is 28.7 Å². The van der Waals surface area contributed by atoms with Crippen molar-refractivity contribution in [3.8, 4) is 0 Å². The summed E-state index contributed by atoms with van der Waals surface area (Å²) in [6, 6.07) is 10.1. The Bertz CT molecular complexity index is 555. The standard InChI is InChI=1S/C13H12ClFN2/c1-8-2-3-9(14)6-13(8)17-10-4-5-12(16)11(15)7-10/h2-7,17H,16H2,1H3. The summed E-state index contributed by atoms with van der Waals surface area (Å²) in [5, 5.41) is 3.73. The highest BCUT2D eigenvalue weighted by Crippen LogP contribution is 2.25. The van der Waals surface area contributed by atoms with Crippen LogP contribution in [0.1, 0.15) is 5.56 Å². The maximum absolute atomic E-state index is 13.3. The van der Waals surface area contributed by atoms with Gasteiger partial charge in [-0.15, -0.1) is 0 Å². The summed E-state index contributed by atoms with van der Waals surface area (Å²) in [5.41, 5.74) is 8.07. The minimum absolute atomic E-state index is 0.137. The molecule has 2 rings (SSSR count). The first kappa shape index (κ1) is 11.7. The Morgan fingerprint density at radius 3 is 2.65 bits per heavy atom. The van der Waals surface area contributed by atoms with Crippen LogP contribution in [-0.4, -0.2) is 0 Å². The molecule has 0 atom stereocenters. The van der Waals surface area contributed by atoms with Gasteiger partial charge in [0.25, 0.3) is 0 Å². The van der Waals surface area contributed by atoms with Crippen molar-refractivity contribution in [3.05, 3.63) is 52.8 Å². The molecule has 2 aromatic carbocycles. The van der Waals surface area contributed by atoms with Gasteiger partial charge in [-0.1, -0.05) is 17.7 Å². The minimum atomic E-state index is -0.435. The Morgan fingerprint density at radius 1 is 1.18 bits per heavy atom. The number of nitrogen functional groups attached to an aromatic ring is 1. The zero-order valence-electron chi connectivity index (χ0n) is 9.30. The third-order valence-corrected chi connectivity index (χ3v) is 2.71. The quantitative estimate of drug-likeness (QED) is 0.787. The van der Waals surface area contributed by atoms with E-state index in [2.05, 4.69) is 5.32 Å². The molecule has 0 saturated heterocycles. The Labute approximate surface area is 104 Å². The Balaban J connectivity index is 2.31. The van der Waals surface area contributed by atoms with Gasteiger partial charge in [0.05, 0.1) is 5.69 Å². The number of aryl methyl sites for hydroxylation is 1. The lowest BCUT2D eigenvalue weighted by molar-refractivity contribution is 0.633. The fraction of sp³-hybridized carbons (Fsp3) is 0.0769. The van der Waals surface area contributed by atoms with Crippen LogP contribution in [-0.2, 0) is 0 Å². The smallest absolute Gasteiger partial charge is 0.148 e. The van der Waals surface area contributed by atoms with Crippen molar-refractivity contribution in [2.75, 3.05) is 11.1 Å². The molecule has 0 amide bonds. The third-order valence-electron chi connectivity index (χ3n) is 2.48. The van der Waals surface area contributed by atoms with Gasteiger partial charge in [0.15, 0.2) is 0 Å². The molecule has 0 aromatic heterocycles. The van der Waals surface area contributed by atoms with Crippen LogP contribution in [0.2, 0.25) is 5.02 Å². The van der Waals surface area contributed by atoms with E-state index in [1.807, 2.05) is 19.1 Å². The lowest BCUT2D eigenvalue weighted by Gasteiger charge is -2.10. The lowest BCUT2D eigenvalue weighted by atomic mass is 10.2. The first-order valence-electron chi connectivity index (χ1n) is 5.14. The van der Waals surface area contributed by atoms with Crippen LogP contribution in [0.25, 0.3) is 0 Å². The fourth-order valence-corrected chi connectivity index (χ4v) is 1.66. The highest BCUT2D eigenvalue weighted by atomic mass is 35.5. The Morgan fingerprint density at radius 2 is 1.94 bits per heavy atom. The van der Waals surface area contributed by atoms with E-state index in [4.69, 9.17) is 17.3 Å². The molecule has 88 valence electrons. The Kier molecular flexibility index (Phi) is 3.20. The van der Waals surface area contributed by atoms with E-state index >= 15 is 0 Å². The second-order valence-corrected chi connectivity index (χ2v) is 4.26. The van der Waals surface area contributed by atoms with Crippen LogP contribution >= 0.6 is 11.6 Å². The third kappa shape index (κ3) is 2.68. The van der Waals surface area contributed by atoms with Gasteiger partial charge >= 0.3 is 0 Å². The number of halogens is 2. The molecule has 2 aromatic rings. The van der Waals surface area contributed by atoms with Gasteiger partial charge in [0, 0.05) is 16.4 Å². The number of anilines is 3. The van der Waals surface area contributed by atoms with Crippen molar-refractivity contribution in [1.82, 2.24) is 0 Å². The first-order valence-corrected chi connectivity index (χ1v) is 5.52. The van der Waals surface area contributed by atoms with E-state index in [0.717, 1.165) is 11.3 Å². The van der Waals surface area contributed by atoms with Gasteiger partial charge in [0.1, 0.15) is 5.82 Å². The largest absolute Gasteiger partial charge is 0.396 e. The van der Waals surface area contributed by atoms with E-state index in [9.17, 15) is 4.39 Å². The average Bonchev–Trinajstić information content (AvgIpc) is 2.29. The van der Waals surface area contributed by atoms with Crippen LogP contribution in [0.3, 0.4) is 0 Å². The molecule has 0 spiro atoms. The molecule has 0 aliphatic rings. The summed E-state index contributed by atoms with van der Waals surface area (Å²) in [4.78, 5) is 0. The minimum Gasteiger partial charge on any atom is -0.396 e. The number of rotatable bonds is 2. The molecule has 0 aliphatic heterocycles. The number of hydrogen-bond acceptors (Lipinski definition) is 2. The highest BCUT2D eigenvalue weighted by molar-refractivity contribution is 6.30. The maximum atomic E-state index is 13.3. The molecule has 0 saturated carbocycles. The van der Waals surface area contributed by atoms with Gasteiger partial charge in [-0.05, 0) is 42.8 Å². The predicted octanol–water partition coefficient (Wildman–Crippen LogP) is 4.11. The fourth-order valence-electron chi connectivity index (χ4n) is 1.49. The number of hydrogen-bond donors (Lipinski definition) is 2. The molecule has 0 aliphatic carbocycles. The van der Waals surface area contributed by atoms with Gasteiger partial charge in [-0.3, -0.25) is 0 Å². The van der Waals surface area contributed by atoms with Gasteiger partial charge < -0.3 is 11.1 Å². The number of nitrogens with two attached hydrogens (primary N) is 1. The van der Waals surface area contributed by atoms with E-state index in [1.54, 1.807) is 12.1 Å². The molecule has 0 heterocycles. The molecular formula is C13H12ClFN2. The molecule has 0 unspecified atom stereocenters. The summed E-state index contributed by atoms with van der Waals surface area (Å²) in [7, 11) is 0. The van der Waals surface area contributed by atoms with Gasteiger partial charge in [-0.25, -0.2) is 4.39 Å². The van der Waals surface area contributed by atoms with Gasteiger partial charge in [0.2, 0.25) is 0 Å². The molecule has 3 N–H and O–H groups in total. The molecule has 2 nitrogen and oxygen atoms in total. The SMILES string of the molecule is Cc1ccc(Cl)cc1Nc1ccc(N)c(F)c1. The van der Waals surface area contributed by atoms with E-state index in [1.165, 1.54) is 12.1 Å². The first-order chi connectivity index (χ1) is 8.06. The topological polar surface area (TPSA) is 38.0 Å². The van der Waals surface area contributed by atoms with Crippen LogP contribution in [0.4, 0.5) is 21.5 Å². The van der Waals surface area contributed by atoms with Crippen molar-refractivity contribution < 1.29 is 4.39 Å². The van der Waals surface area contributed by atoms with Crippen molar-refractivity contribution in [2.45, 2.75) is 6.92 Å². The highest BCUT2D eigenvalue weighted by Gasteiger charge is 2.03. The summed E-state index contributed by atoms with van der Waals surface area (Å²) < 4.78 is 13.3. The van der Waals surface area contributed by atoms with Crippen molar-refractivity contribution in [3.63, 3.8) is 0 Å².